The summed E-state index contributed by atoms with van der Waals surface area (Å²) in [4.78, 5) is 45.6. The van der Waals surface area contributed by atoms with Crippen molar-refractivity contribution < 1.29 is 14.4 Å². The van der Waals surface area contributed by atoms with Crippen LogP contribution >= 0.6 is 11.3 Å². The third-order valence-corrected chi connectivity index (χ3v) is 7.38. The Hall–Kier alpha value is -4.11. The standard InChI is InChI=1S/C26H21N5O3S/c1-15(16-8-4-2-5-9-16)30-24(33)19(22(32)28-25(30)34)14-20-21(17-10-6-3-7-11-17)27-26-31(20)29-23(35-26)18-12-13-18/h2-11,14-15,18H,12-13H2,1H3,(H,28,32,34)/b19-14-. The second kappa shape index (κ2) is 8.28. The average Bonchev–Trinajstić information content (AvgIpc) is 3.55. The molecule has 0 spiro atoms. The zero-order valence-corrected chi connectivity index (χ0v) is 19.7. The molecular formula is C26H21N5O3S. The first-order valence-electron chi connectivity index (χ1n) is 11.4. The average molecular weight is 484 g/mol. The molecule has 8 nitrogen and oxygen atoms in total. The van der Waals surface area contributed by atoms with Crippen LogP contribution in [0.15, 0.2) is 66.2 Å². The van der Waals surface area contributed by atoms with E-state index in [9.17, 15) is 14.4 Å². The SMILES string of the molecule is CC(c1ccccc1)N1C(=O)NC(=O)/C(=C/c2c(-c3ccccc3)nc3sc(C4CC4)nn23)C1=O. The van der Waals surface area contributed by atoms with Crippen molar-refractivity contribution in [3.05, 3.63) is 82.5 Å². The molecular weight excluding hydrogens is 462 g/mol. The molecule has 4 aromatic rings. The van der Waals surface area contributed by atoms with E-state index in [0.717, 1.165) is 33.9 Å². The van der Waals surface area contributed by atoms with Crippen LogP contribution < -0.4 is 5.32 Å². The van der Waals surface area contributed by atoms with Gasteiger partial charge in [0.2, 0.25) is 4.96 Å². The molecule has 4 amide bonds. The number of carbonyl (C=O) groups is 3. The van der Waals surface area contributed by atoms with E-state index < -0.39 is 23.9 Å². The Kier molecular flexibility index (Phi) is 5.07. The number of benzene rings is 2. The van der Waals surface area contributed by atoms with Crippen molar-refractivity contribution in [3.8, 4) is 11.3 Å². The second-order valence-corrected chi connectivity index (χ2v) is 9.69. The van der Waals surface area contributed by atoms with Crippen molar-refractivity contribution in [1.29, 1.82) is 0 Å². The number of hydrogen-bond acceptors (Lipinski definition) is 6. The van der Waals surface area contributed by atoms with Gasteiger partial charge in [0.1, 0.15) is 10.6 Å². The molecule has 1 saturated carbocycles. The van der Waals surface area contributed by atoms with E-state index in [-0.39, 0.29) is 5.57 Å². The maximum absolute atomic E-state index is 13.5. The zero-order valence-electron chi connectivity index (χ0n) is 18.8. The fraction of sp³-hybridized carbons (Fsp3) is 0.192. The maximum atomic E-state index is 13.5. The number of fused-ring (bicyclic) bond motifs is 1. The number of nitrogens with zero attached hydrogens (tertiary/aromatic N) is 4. The van der Waals surface area contributed by atoms with Crippen molar-refractivity contribution >= 4 is 40.2 Å². The minimum atomic E-state index is -0.736. The van der Waals surface area contributed by atoms with Crippen LogP contribution in [0.1, 0.15) is 48.0 Å². The van der Waals surface area contributed by atoms with Crippen LogP contribution in [-0.4, -0.2) is 37.3 Å². The molecule has 1 saturated heterocycles. The molecule has 1 unspecified atom stereocenters. The van der Waals surface area contributed by atoms with Crippen LogP contribution in [0.2, 0.25) is 0 Å². The van der Waals surface area contributed by atoms with Crippen LogP contribution in [0, 0.1) is 0 Å². The van der Waals surface area contributed by atoms with Gasteiger partial charge in [0.05, 0.1) is 17.4 Å². The van der Waals surface area contributed by atoms with Gasteiger partial charge in [-0.15, -0.1) is 0 Å². The summed E-state index contributed by atoms with van der Waals surface area (Å²) in [6.45, 7) is 1.76. The van der Waals surface area contributed by atoms with Crippen LogP contribution in [0.25, 0.3) is 22.3 Å². The number of hydrogen-bond donors (Lipinski definition) is 1. The Morgan fingerprint density at radius 1 is 1.03 bits per heavy atom. The molecule has 3 heterocycles. The summed E-state index contributed by atoms with van der Waals surface area (Å²) in [7, 11) is 0. The number of nitrogens with one attached hydrogen (secondary N) is 1. The number of rotatable bonds is 5. The predicted octanol–water partition coefficient (Wildman–Crippen LogP) is 4.56. The van der Waals surface area contributed by atoms with Crippen LogP contribution in [-0.2, 0) is 9.59 Å². The Balaban J connectivity index is 1.47. The summed E-state index contributed by atoms with van der Waals surface area (Å²) in [6.07, 6.45) is 3.72. The number of imidazole rings is 1. The van der Waals surface area contributed by atoms with Gasteiger partial charge < -0.3 is 0 Å². The molecule has 1 aliphatic carbocycles. The minimum Gasteiger partial charge on any atom is -0.273 e. The minimum absolute atomic E-state index is 0.132. The normalized spacial score (nSPS) is 18.4. The first kappa shape index (κ1) is 21.4. The summed E-state index contributed by atoms with van der Waals surface area (Å²) >= 11 is 1.53. The van der Waals surface area contributed by atoms with Crippen LogP contribution in [0.4, 0.5) is 4.79 Å². The molecule has 35 heavy (non-hydrogen) atoms. The van der Waals surface area contributed by atoms with Gasteiger partial charge in [-0.05, 0) is 31.4 Å². The molecule has 0 bridgehead atoms. The van der Waals surface area contributed by atoms with E-state index in [4.69, 9.17) is 10.1 Å². The number of urea groups is 1. The van der Waals surface area contributed by atoms with Gasteiger partial charge in [-0.25, -0.2) is 14.3 Å². The third-order valence-electron chi connectivity index (χ3n) is 6.31. The molecule has 174 valence electrons. The van der Waals surface area contributed by atoms with Gasteiger partial charge in [0, 0.05) is 11.5 Å². The number of amides is 4. The maximum Gasteiger partial charge on any atom is 0.331 e. The first-order valence-corrected chi connectivity index (χ1v) is 12.2. The summed E-state index contributed by atoms with van der Waals surface area (Å²) in [5, 5.41) is 8.08. The van der Waals surface area contributed by atoms with Crippen molar-refractivity contribution in [2.45, 2.75) is 31.7 Å². The predicted molar refractivity (Wildman–Crippen MR) is 131 cm³/mol. The van der Waals surface area contributed by atoms with Gasteiger partial charge in [0.25, 0.3) is 11.8 Å². The molecule has 1 N–H and O–H groups in total. The van der Waals surface area contributed by atoms with Gasteiger partial charge >= 0.3 is 6.03 Å². The lowest BCUT2D eigenvalue weighted by Crippen LogP contribution is -2.54. The third kappa shape index (κ3) is 3.74. The smallest absolute Gasteiger partial charge is 0.273 e. The molecule has 1 atom stereocenters. The molecule has 2 aliphatic rings. The van der Waals surface area contributed by atoms with Gasteiger partial charge in [0.15, 0.2) is 0 Å². The molecule has 2 fully saturated rings. The van der Waals surface area contributed by atoms with E-state index in [2.05, 4.69) is 5.32 Å². The summed E-state index contributed by atoms with van der Waals surface area (Å²) in [5.74, 6) is -0.938. The highest BCUT2D eigenvalue weighted by atomic mass is 32.1. The summed E-state index contributed by atoms with van der Waals surface area (Å²) < 4.78 is 1.70. The lowest BCUT2D eigenvalue weighted by Gasteiger charge is -2.31. The lowest BCUT2D eigenvalue weighted by atomic mass is 10.0. The Labute approximate surface area is 204 Å². The molecule has 9 heteroatoms. The molecule has 1 aliphatic heterocycles. The van der Waals surface area contributed by atoms with E-state index in [1.165, 1.54) is 17.4 Å². The number of barbiturate groups is 1. The number of carbonyl (C=O) groups excluding carboxylic acids is 3. The van der Waals surface area contributed by atoms with Crippen molar-refractivity contribution in [2.24, 2.45) is 0 Å². The Morgan fingerprint density at radius 3 is 2.40 bits per heavy atom. The summed E-state index contributed by atoms with van der Waals surface area (Å²) in [6, 6.07) is 17.5. The second-order valence-electron chi connectivity index (χ2n) is 8.70. The highest BCUT2D eigenvalue weighted by Crippen LogP contribution is 2.42. The van der Waals surface area contributed by atoms with Gasteiger partial charge in [-0.1, -0.05) is 72.0 Å². The van der Waals surface area contributed by atoms with Gasteiger partial charge in [-0.2, -0.15) is 5.10 Å². The van der Waals surface area contributed by atoms with E-state index >= 15 is 0 Å². The fourth-order valence-corrected chi connectivity index (χ4v) is 5.33. The van der Waals surface area contributed by atoms with Crippen molar-refractivity contribution in [3.63, 3.8) is 0 Å². The highest BCUT2D eigenvalue weighted by molar-refractivity contribution is 7.16. The highest BCUT2D eigenvalue weighted by Gasteiger charge is 2.39. The van der Waals surface area contributed by atoms with Gasteiger partial charge in [-0.3, -0.25) is 19.8 Å². The lowest BCUT2D eigenvalue weighted by molar-refractivity contribution is -0.131. The number of imide groups is 2. The molecule has 6 rings (SSSR count). The van der Waals surface area contributed by atoms with E-state index in [1.54, 1.807) is 11.4 Å². The Morgan fingerprint density at radius 2 is 1.71 bits per heavy atom. The fourth-order valence-electron chi connectivity index (χ4n) is 4.25. The summed E-state index contributed by atoms with van der Waals surface area (Å²) in [5.41, 5.74) is 2.66. The topological polar surface area (TPSA) is 96.7 Å². The molecule has 0 radical (unpaired) electrons. The zero-order chi connectivity index (χ0) is 24.1. The van der Waals surface area contributed by atoms with Crippen LogP contribution in [0.5, 0.6) is 0 Å². The van der Waals surface area contributed by atoms with E-state index in [0.29, 0.717) is 22.3 Å². The largest absolute Gasteiger partial charge is 0.331 e. The number of aromatic nitrogens is 3. The first-order chi connectivity index (χ1) is 17.0. The van der Waals surface area contributed by atoms with Crippen molar-refractivity contribution in [2.75, 3.05) is 0 Å². The van der Waals surface area contributed by atoms with E-state index in [1.807, 2.05) is 60.7 Å². The Bertz CT molecular complexity index is 1500. The molecule has 2 aromatic carbocycles. The van der Waals surface area contributed by atoms with Crippen molar-refractivity contribution in [1.82, 2.24) is 24.8 Å². The molecule has 2 aromatic heterocycles. The quantitative estimate of drug-likeness (QED) is 0.332. The van der Waals surface area contributed by atoms with Crippen LogP contribution in [0.3, 0.4) is 0 Å². The monoisotopic (exact) mass is 483 g/mol.